The number of unbranched alkanes of at least 4 members (excludes halogenated alkanes) is 50. The first-order chi connectivity index (χ1) is 40.5. The van der Waals surface area contributed by atoms with Gasteiger partial charge in [0.05, 0.1) is 25.4 Å². The highest BCUT2D eigenvalue weighted by Crippen LogP contribution is 2.19. The molecule has 3 N–H and O–H groups in total. The van der Waals surface area contributed by atoms with Crippen molar-refractivity contribution < 1.29 is 24.5 Å². The Hall–Kier alpha value is -2.18. The molecular weight excluding hydrogens is 1010 g/mol. The minimum atomic E-state index is -0.666. The van der Waals surface area contributed by atoms with Crippen LogP contribution >= 0.6 is 0 Å². The van der Waals surface area contributed by atoms with Crippen molar-refractivity contribution >= 4 is 11.9 Å². The third-order valence-corrected chi connectivity index (χ3v) is 17.1. The van der Waals surface area contributed by atoms with Crippen molar-refractivity contribution in [2.75, 3.05) is 13.2 Å². The number of carbonyl (C=O) groups is 2. The molecule has 0 aromatic carbocycles. The second-order valence-corrected chi connectivity index (χ2v) is 25.3. The second kappa shape index (κ2) is 71.3. The first kappa shape index (κ1) is 79.8. The highest BCUT2D eigenvalue weighted by atomic mass is 16.5. The maximum Gasteiger partial charge on any atom is 0.305 e. The van der Waals surface area contributed by atoms with Crippen LogP contribution in [-0.2, 0) is 14.3 Å². The van der Waals surface area contributed by atoms with Gasteiger partial charge in [-0.3, -0.25) is 9.59 Å². The molecule has 1 amide bonds. The Bertz CT molecular complexity index is 1370. The maximum atomic E-state index is 12.6. The topological polar surface area (TPSA) is 95.9 Å². The van der Waals surface area contributed by atoms with Gasteiger partial charge in [-0.2, -0.15) is 0 Å². The Morgan fingerprint density at radius 3 is 0.976 bits per heavy atom. The zero-order valence-corrected chi connectivity index (χ0v) is 55.2. The summed E-state index contributed by atoms with van der Waals surface area (Å²) in [6.07, 6.45) is 93.2. The second-order valence-electron chi connectivity index (χ2n) is 25.3. The van der Waals surface area contributed by atoms with E-state index in [1.54, 1.807) is 0 Å². The Labute approximate surface area is 512 Å². The number of esters is 1. The van der Waals surface area contributed by atoms with E-state index in [1.807, 2.05) is 0 Å². The third kappa shape index (κ3) is 67.0. The molecule has 0 saturated heterocycles. The molecule has 6 nitrogen and oxygen atoms in total. The molecule has 0 aromatic rings. The Morgan fingerprint density at radius 1 is 0.341 bits per heavy atom. The lowest BCUT2D eigenvalue weighted by atomic mass is 10.0. The van der Waals surface area contributed by atoms with Crippen LogP contribution in [0.15, 0.2) is 48.6 Å². The molecule has 482 valence electrons. The Balaban J connectivity index is 3.40. The van der Waals surface area contributed by atoms with Crippen molar-refractivity contribution in [2.45, 2.75) is 411 Å². The quantitative estimate of drug-likeness (QED) is 0.0320. The van der Waals surface area contributed by atoms with Crippen LogP contribution in [0, 0.1) is 0 Å². The summed E-state index contributed by atoms with van der Waals surface area (Å²) in [5.74, 6) is -0.0324. The van der Waals surface area contributed by atoms with E-state index in [4.69, 9.17) is 4.74 Å². The van der Waals surface area contributed by atoms with Crippen LogP contribution in [0.2, 0.25) is 0 Å². The van der Waals surface area contributed by atoms with Gasteiger partial charge in [-0.25, -0.2) is 0 Å². The monoisotopic (exact) mass is 1150 g/mol. The van der Waals surface area contributed by atoms with Gasteiger partial charge in [0.1, 0.15) is 0 Å². The number of ether oxygens (including phenoxy) is 1. The Kier molecular flexibility index (Phi) is 69.4. The first-order valence-corrected chi connectivity index (χ1v) is 36.9. The van der Waals surface area contributed by atoms with Crippen LogP contribution in [0.1, 0.15) is 399 Å². The summed E-state index contributed by atoms with van der Waals surface area (Å²) in [6, 6.07) is -0.543. The molecule has 0 spiro atoms. The predicted molar refractivity (Wildman–Crippen MR) is 361 cm³/mol. The van der Waals surface area contributed by atoms with Gasteiger partial charge >= 0.3 is 5.97 Å². The van der Waals surface area contributed by atoms with Crippen molar-refractivity contribution in [1.29, 1.82) is 0 Å². The molecule has 2 atom stereocenters. The largest absolute Gasteiger partial charge is 0.466 e. The number of nitrogens with one attached hydrogen (secondary N) is 1. The zero-order chi connectivity index (χ0) is 59.2. The lowest BCUT2D eigenvalue weighted by Crippen LogP contribution is -2.45. The van der Waals surface area contributed by atoms with Gasteiger partial charge in [-0.05, 0) is 83.5 Å². The molecule has 0 aromatic heterocycles. The average Bonchev–Trinajstić information content (AvgIpc) is 3.48. The van der Waals surface area contributed by atoms with Gasteiger partial charge in [-0.1, -0.05) is 351 Å². The minimum absolute atomic E-state index is 0.00202. The molecule has 0 aliphatic carbocycles. The van der Waals surface area contributed by atoms with Crippen molar-refractivity contribution in [3.63, 3.8) is 0 Å². The van der Waals surface area contributed by atoms with Crippen molar-refractivity contribution in [2.24, 2.45) is 0 Å². The molecule has 0 fully saturated rings. The molecule has 0 heterocycles. The number of hydrogen-bond acceptors (Lipinski definition) is 5. The van der Waals surface area contributed by atoms with Crippen molar-refractivity contribution in [1.82, 2.24) is 5.32 Å². The fraction of sp³-hybridized carbons (Fsp3) is 0.868. The van der Waals surface area contributed by atoms with E-state index in [2.05, 4.69) is 67.8 Å². The smallest absolute Gasteiger partial charge is 0.305 e. The SMILES string of the molecule is CCC/C=C\C/C=C\CCCCCCCC(=O)OCCCCCCCCCCC/C=C\C/C=C\CCCCCCCCCCCCCCCCCC(=O)NC(CO)C(O)CCCCCCCCCCCCCCCCCCCCCCC. The van der Waals surface area contributed by atoms with Gasteiger partial charge in [0.25, 0.3) is 0 Å². The average molecular weight is 1150 g/mol. The van der Waals surface area contributed by atoms with Crippen LogP contribution in [0.5, 0.6) is 0 Å². The van der Waals surface area contributed by atoms with Gasteiger partial charge < -0.3 is 20.3 Å². The summed E-state index contributed by atoms with van der Waals surface area (Å²) in [4.78, 5) is 24.6. The molecule has 82 heavy (non-hydrogen) atoms. The number of aliphatic hydroxyl groups excluding tert-OH is 2. The molecule has 2 unspecified atom stereocenters. The summed E-state index contributed by atoms with van der Waals surface area (Å²) in [5.41, 5.74) is 0. The van der Waals surface area contributed by atoms with Crippen LogP contribution in [-0.4, -0.2) is 47.4 Å². The van der Waals surface area contributed by atoms with Crippen molar-refractivity contribution in [3.05, 3.63) is 48.6 Å². The molecule has 0 bridgehead atoms. The molecule has 0 aliphatic rings. The van der Waals surface area contributed by atoms with Gasteiger partial charge in [0.2, 0.25) is 5.91 Å². The summed E-state index contributed by atoms with van der Waals surface area (Å²) >= 11 is 0. The van der Waals surface area contributed by atoms with Crippen LogP contribution in [0.3, 0.4) is 0 Å². The highest BCUT2D eigenvalue weighted by molar-refractivity contribution is 5.76. The number of allylic oxidation sites excluding steroid dienone is 8. The van der Waals surface area contributed by atoms with Crippen LogP contribution in [0.25, 0.3) is 0 Å². The molecule has 0 rings (SSSR count). The number of carbonyl (C=O) groups excluding carboxylic acids is 2. The van der Waals surface area contributed by atoms with Gasteiger partial charge in [0, 0.05) is 12.8 Å². The van der Waals surface area contributed by atoms with E-state index in [1.165, 1.54) is 308 Å². The standard InChI is InChI=1S/C76H143NO5/c1-3-5-7-9-11-13-15-17-18-19-20-32-35-38-41-45-48-52-56-60-64-68-74(79)73(72-78)77-75(80)69-65-61-57-53-49-46-42-39-36-33-30-28-26-24-22-21-23-25-27-29-31-34-37-40-43-47-51-55-59-63-67-71-82-76(81)70-66-62-58-54-50-44-16-14-12-10-8-6-4-2/h8,10,14,16,23,25,29,31,73-74,78-79H,3-7,9,11-13,15,17-22,24,26-28,30,32-72H2,1-2H3,(H,77,80)/b10-8-,16-14-,25-23-,31-29-. The number of hydrogen-bond donors (Lipinski definition) is 3. The molecule has 0 aliphatic heterocycles. The van der Waals surface area contributed by atoms with Crippen LogP contribution < -0.4 is 5.32 Å². The zero-order valence-electron chi connectivity index (χ0n) is 55.2. The number of amides is 1. The van der Waals surface area contributed by atoms with E-state index in [-0.39, 0.29) is 18.5 Å². The normalized spacial score (nSPS) is 12.8. The lowest BCUT2D eigenvalue weighted by molar-refractivity contribution is -0.143. The van der Waals surface area contributed by atoms with Crippen molar-refractivity contribution in [3.8, 4) is 0 Å². The molecule has 0 radical (unpaired) electrons. The Morgan fingerprint density at radius 2 is 0.634 bits per heavy atom. The minimum Gasteiger partial charge on any atom is -0.466 e. The fourth-order valence-electron chi connectivity index (χ4n) is 11.5. The molecule has 0 saturated carbocycles. The molecular formula is C76H143NO5. The van der Waals surface area contributed by atoms with Gasteiger partial charge in [-0.15, -0.1) is 0 Å². The summed E-state index contributed by atoms with van der Waals surface area (Å²) < 4.78 is 5.47. The van der Waals surface area contributed by atoms with E-state index in [0.29, 0.717) is 25.9 Å². The number of aliphatic hydroxyl groups is 2. The molecule has 6 heteroatoms. The van der Waals surface area contributed by atoms with E-state index >= 15 is 0 Å². The fourth-order valence-corrected chi connectivity index (χ4v) is 11.5. The first-order valence-electron chi connectivity index (χ1n) is 36.9. The van der Waals surface area contributed by atoms with E-state index in [0.717, 1.165) is 57.8 Å². The number of rotatable bonds is 69. The highest BCUT2D eigenvalue weighted by Gasteiger charge is 2.20. The van der Waals surface area contributed by atoms with Gasteiger partial charge in [0.15, 0.2) is 0 Å². The van der Waals surface area contributed by atoms with E-state index in [9.17, 15) is 19.8 Å². The summed E-state index contributed by atoms with van der Waals surface area (Å²) in [7, 11) is 0. The third-order valence-electron chi connectivity index (χ3n) is 17.1. The summed E-state index contributed by atoms with van der Waals surface area (Å²) in [5, 5.41) is 23.4. The summed E-state index contributed by atoms with van der Waals surface area (Å²) in [6.45, 7) is 4.91. The van der Waals surface area contributed by atoms with Crippen LogP contribution in [0.4, 0.5) is 0 Å². The van der Waals surface area contributed by atoms with E-state index < -0.39 is 12.1 Å². The maximum absolute atomic E-state index is 12.6. The predicted octanol–water partition coefficient (Wildman–Crippen LogP) is 24.0. The lowest BCUT2D eigenvalue weighted by Gasteiger charge is -2.22.